The van der Waals surface area contributed by atoms with Crippen LogP contribution in [0.15, 0.2) is 6.08 Å². The molecule has 0 bridgehead atoms. The van der Waals surface area contributed by atoms with Crippen LogP contribution in [-0.4, -0.2) is 0 Å². The molecule has 1 radical (unpaired) electrons. The predicted molar refractivity (Wildman–Crippen MR) is 72.4 cm³/mol. The first-order valence-electron chi connectivity index (χ1n) is 7.46. The van der Waals surface area contributed by atoms with Crippen LogP contribution in [0.1, 0.15) is 84.0 Å². The van der Waals surface area contributed by atoms with Gasteiger partial charge in [0.2, 0.25) is 0 Å². The van der Waals surface area contributed by atoms with Crippen molar-refractivity contribution in [2.24, 2.45) is 5.92 Å². The monoisotopic (exact) mass is 221 g/mol. The third-order valence-electron chi connectivity index (χ3n) is 3.63. The predicted octanol–water partition coefficient (Wildman–Crippen LogP) is 5.68. The molecule has 0 amide bonds. The van der Waals surface area contributed by atoms with Crippen LogP contribution in [0.3, 0.4) is 0 Å². The summed E-state index contributed by atoms with van der Waals surface area (Å²) in [5, 5.41) is 0. The Hall–Kier alpha value is -0.260. The van der Waals surface area contributed by atoms with Gasteiger partial charge in [0, 0.05) is 0 Å². The summed E-state index contributed by atoms with van der Waals surface area (Å²) >= 11 is 0. The van der Waals surface area contributed by atoms with Crippen molar-refractivity contribution >= 4 is 0 Å². The van der Waals surface area contributed by atoms with E-state index in [2.05, 4.69) is 19.1 Å². The topological polar surface area (TPSA) is 0 Å². The Morgan fingerprint density at radius 3 is 1.88 bits per heavy atom. The van der Waals surface area contributed by atoms with E-state index in [1.807, 2.05) is 0 Å². The number of allylic oxidation sites excluding steroid dienone is 2. The van der Waals surface area contributed by atoms with E-state index in [4.69, 9.17) is 0 Å². The van der Waals surface area contributed by atoms with Gasteiger partial charge in [0.1, 0.15) is 0 Å². The van der Waals surface area contributed by atoms with E-state index >= 15 is 0 Å². The second-order valence-electron chi connectivity index (χ2n) is 5.42. The lowest BCUT2D eigenvalue weighted by Gasteiger charge is -2.05. The van der Waals surface area contributed by atoms with E-state index in [9.17, 15) is 0 Å². The van der Waals surface area contributed by atoms with Gasteiger partial charge < -0.3 is 0 Å². The minimum absolute atomic E-state index is 0.755. The zero-order valence-corrected chi connectivity index (χ0v) is 11.1. The van der Waals surface area contributed by atoms with Gasteiger partial charge in [-0.05, 0) is 31.3 Å². The van der Waals surface area contributed by atoms with Gasteiger partial charge in [0.05, 0.1) is 0 Å². The molecule has 0 aromatic heterocycles. The molecule has 16 heavy (non-hydrogen) atoms. The first-order valence-corrected chi connectivity index (χ1v) is 7.46. The van der Waals surface area contributed by atoms with Crippen molar-refractivity contribution in [1.29, 1.82) is 0 Å². The molecular formula is C16H29. The van der Waals surface area contributed by atoms with Gasteiger partial charge in [-0.3, -0.25) is 0 Å². The minimum atomic E-state index is 0.755. The average molecular weight is 221 g/mol. The highest BCUT2D eigenvalue weighted by atomic mass is 14.0. The molecule has 0 nitrogen and oxygen atoms in total. The Morgan fingerprint density at radius 2 is 1.25 bits per heavy atom. The van der Waals surface area contributed by atoms with Gasteiger partial charge in [-0.1, -0.05) is 70.8 Å². The van der Waals surface area contributed by atoms with Crippen LogP contribution in [-0.2, 0) is 0 Å². The Bertz CT molecular complexity index is 169. The van der Waals surface area contributed by atoms with Crippen LogP contribution in [0.4, 0.5) is 0 Å². The Kier molecular flexibility index (Phi) is 8.57. The van der Waals surface area contributed by atoms with Crippen LogP contribution < -0.4 is 0 Å². The second-order valence-corrected chi connectivity index (χ2v) is 5.42. The molecule has 0 fully saturated rings. The van der Waals surface area contributed by atoms with Crippen molar-refractivity contribution in [3.05, 3.63) is 12.2 Å². The molecule has 93 valence electrons. The lowest BCUT2D eigenvalue weighted by molar-refractivity contribution is 0.528. The zero-order valence-electron chi connectivity index (χ0n) is 11.1. The molecule has 1 unspecified atom stereocenters. The molecule has 0 spiro atoms. The van der Waals surface area contributed by atoms with Crippen molar-refractivity contribution < 1.29 is 0 Å². The molecule has 0 N–H and O–H groups in total. The van der Waals surface area contributed by atoms with Crippen molar-refractivity contribution in [3.8, 4) is 0 Å². The van der Waals surface area contributed by atoms with Crippen LogP contribution >= 0.6 is 0 Å². The molecule has 0 heterocycles. The average Bonchev–Trinajstić information content (AvgIpc) is 2.29. The summed E-state index contributed by atoms with van der Waals surface area (Å²) in [6.07, 6.45) is 22.7. The number of hydrogen-bond acceptors (Lipinski definition) is 0. The van der Waals surface area contributed by atoms with Crippen LogP contribution in [0.5, 0.6) is 0 Å². The third-order valence-corrected chi connectivity index (χ3v) is 3.63. The Labute approximate surface area is 103 Å². The SMILES string of the molecule is CC1/C=[C]\CCCCCCCCCCCC1. The molecule has 1 aliphatic rings. The summed E-state index contributed by atoms with van der Waals surface area (Å²) < 4.78 is 0. The summed E-state index contributed by atoms with van der Waals surface area (Å²) in [4.78, 5) is 0. The van der Waals surface area contributed by atoms with E-state index in [-0.39, 0.29) is 0 Å². The maximum absolute atomic E-state index is 3.48. The molecule has 0 aliphatic heterocycles. The van der Waals surface area contributed by atoms with Gasteiger partial charge in [-0.15, -0.1) is 0 Å². The summed E-state index contributed by atoms with van der Waals surface area (Å²) in [5.41, 5.74) is 0. The van der Waals surface area contributed by atoms with Gasteiger partial charge in [0.15, 0.2) is 0 Å². The highest BCUT2D eigenvalue weighted by Crippen LogP contribution is 2.16. The number of rotatable bonds is 0. The van der Waals surface area contributed by atoms with Gasteiger partial charge in [-0.2, -0.15) is 0 Å². The maximum Gasteiger partial charge on any atom is -0.0256 e. The first kappa shape index (κ1) is 13.8. The molecule has 1 aliphatic carbocycles. The van der Waals surface area contributed by atoms with Gasteiger partial charge >= 0.3 is 0 Å². The summed E-state index contributed by atoms with van der Waals surface area (Å²) in [6, 6.07) is 0. The van der Waals surface area contributed by atoms with Gasteiger partial charge in [-0.25, -0.2) is 0 Å². The quantitative estimate of drug-likeness (QED) is 0.494. The van der Waals surface area contributed by atoms with Crippen molar-refractivity contribution in [1.82, 2.24) is 0 Å². The fourth-order valence-electron chi connectivity index (χ4n) is 2.48. The molecule has 0 aromatic rings. The van der Waals surface area contributed by atoms with Crippen LogP contribution in [0.25, 0.3) is 0 Å². The van der Waals surface area contributed by atoms with Crippen molar-refractivity contribution in [2.75, 3.05) is 0 Å². The summed E-state index contributed by atoms with van der Waals surface area (Å²) in [6.45, 7) is 2.34. The van der Waals surface area contributed by atoms with Crippen molar-refractivity contribution in [2.45, 2.75) is 84.0 Å². The molecule has 0 heteroatoms. The molecule has 1 rings (SSSR count). The standard InChI is InChI=1S/C16H29/c1-16-14-12-10-8-6-4-2-3-5-7-9-11-13-15-16/h15-16H,2-12,14H2,1H3. The molecule has 0 aromatic carbocycles. The summed E-state index contributed by atoms with van der Waals surface area (Å²) in [7, 11) is 0. The third kappa shape index (κ3) is 7.96. The maximum atomic E-state index is 3.48. The summed E-state index contributed by atoms with van der Waals surface area (Å²) in [5.74, 6) is 0.755. The second kappa shape index (κ2) is 9.93. The first-order chi connectivity index (χ1) is 7.89. The Balaban J connectivity index is 2.18. The number of hydrogen-bond donors (Lipinski definition) is 0. The van der Waals surface area contributed by atoms with E-state index in [0.29, 0.717) is 0 Å². The van der Waals surface area contributed by atoms with Gasteiger partial charge in [0.25, 0.3) is 0 Å². The largest absolute Gasteiger partial charge is 0.0782 e. The van der Waals surface area contributed by atoms with Crippen molar-refractivity contribution in [3.63, 3.8) is 0 Å². The van der Waals surface area contributed by atoms with E-state index in [1.54, 1.807) is 0 Å². The zero-order chi connectivity index (χ0) is 11.5. The molecule has 1 atom stereocenters. The minimum Gasteiger partial charge on any atom is -0.0782 e. The highest BCUT2D eigenvalue weighted by molar-refractivity contribution is 4.80. The Morgan fingerprint density at radius 1 is 0.750 bits per heavy atom. The van der Waals surface area contributed by atoms with E-state index in [0.717, 1.165) is 5.92 Å². The van der Waals surface area contributed by atoms with E-state index < -0.39 is 0 Å². The smallest absolute Gasteiger partial charge is 0.0256 e. The highest BCUT2D eigenvalue weighted by Gasteiger charge is 1.98. The fourth-order valence-corrected chi connectivity index (χ4v) is 2.48. The fraction of sp³-hybridized carbons (Fsp3) is 0.875. The van der Waals surface area contributed by atoms with E-state index in [1.165, 1.54) is 77.0 Å². The lowest BCUT2D eigenvalue weighted by Crippen LogP contribution is -1.90. The molecule has 0 saturated heterocycles. The lowest BCUT2D eigenvalue weighted by atomic mass is 10.0. The van der Waals surface area contributed by atoms with Crippen LogP contribution in [0, 0.1) is 12.0 Å². The molecule has 0 saturated carbocycles. The normalized spacial score (nSPS) is 28.9. The molecular weight excluding hydrogens is 192 g/mol. The van der Waals surface area contributed by atoms with Crippen LogP contribution in [0.2, 0.25) is 0 Å².